The molecule has 0 aliphatic heterocycles. The molecule has 1 aromatic rings. The minimum atomic E-state index is 0.00125. The highest BCUT2D eigenvalue weighted by Gasteiger charge is 2.30. The predicted molar refractivity (Wildman–Crippen MR) is 59.7 cm³/mol. The monoisotopic (exact) mass is 219 g/mol. The number of amides is 1. The molecule has 1 aromatic carbocycles. The maximum Gasteiger partial charge on any atom is 0.227 e. The van der Waals surface area contributed by atoms with Gasteiger partial charge in [0.05, 0.1) is 12.8 Å². The van der Waals surface area contributed by atoms with Crippen molar-refractivity contribution in [3.8, 4) is 5.75 Å². The van der Waals surface area contributed by atoms with E-state index in [0.717, 1.165) is 19.1 Å². The van der Waals surface area contributed by atoms with Crippen molar-refractivity contribution in [2.45, 2.75) is 12.8 Å². The van der Waals surface area contributed by atoms with Crippen LogP contribution in [0.25, 0.3) is 0 Å². The van der Waals surface area contributed by atoms with Crippen LogP contribution in [0.15, 0.2) is 18.2 Å². The first kappa shape index (κ1) is 10.7. The summed E-state index contributed by atoms with van der Waals surface area (Å²) in [4.78, 5) is 22.2. The molecule has 0 unspecified atom stereocenters. The molecule has 0 bridgehead atoms. The van der Waals surface area contributed by atoms with Gasteiger partial charge in [-0.05, 0) is 31.0 Å². The summed E-state index contributed by atoms with van der Waals surface area (Å²) in [5.74, 6) is 0.700. The molecule has 16 heavy (non-hydrogen) atoms. The molecule has 4 heteroatoms. The van der Waals surface area contributed by atoms with E-state index in [9.17, 15) is 9.59 Å². The fourth-order valence-electron chi connectivity index (χ4n) is 1.48. The number of anilines is 1. The molecule has 1 saturated carbocycles. The third-order valence-corrected chi connectivity index (χ3v) is 2.57. The Kier molecular flexibility index (Phi) is 2.90. The highest BCUT2D eigenvalue weighted by Crippen LogP contribution is 2.32. The Bertz CT molecular complexity index is 424. The number of hydrogen-bond acceptors (Lipinski definition) is 3. The van der Waals surface area contributed by atoms with Gasteiger partial charge in [-0.15, -0.1) is 0 Å². The molecular formula is C12H13NO3. The Labute approximate surface area is 93.6 Å². The average molecular weight is 219 g/mol. The van der Waals surface area contributed by atoms with Gasteiger partial charge in [-0.2, -0.15) is 0 Å². The summed E-state index contributed by atoms with van der Waals surface area (Å²) in [5, 5.41) is 2.78. The van der Waals surface area contributed by atoms with E-state index in [1.165, 1.54) is 7.11 Å². The molecule has 0 aromatic heterocycles. The van der Waals surface area contributed by atoms with Crippen LogP contribution in [-0.2, 0) is 4.79 Å². The third kappa shape index (κ3) is 2.21. The zero-order valence-electron chi connectivity index (χ0n) is 9.03. The molecule has 0 radical (unpaired) electrons. The molecule has 1 amide bonds. The molecule has 0 spiro atoms. The van der Waals surface area contributed by atoms with Crippen molar-refractivity contribution in [2.24, 2.45) is 5.92 Å². The maximum absolute atomic E-state index is 11.6. The van der Waals surface area contributed by atoms with Gasteiger partial charge in [0.1, 0.15) is 12.0 Å². The maximum atomic E-state index is 11.6. The fraction of sp³-hybridized carbons (Fsp3) is 0.333. The Morgan fingerprint density at radius 3 is 2.81 bits per heavy atom. The molecule has 1 fully saturated rings. The Balaban J connectivity index is 2.21. The van der Waals surface area contributed by atoms with E-state index in [-0.39, 0.29) is 11.8 Å². The van der Waals surface area contributed by atoms with Crippen LogP contribution in [0, 0.1) is 5.92 Å². The standard InChI is InChI=1S/C12H13NO3/c1-16-11-5-2-8(7-14)6-10(11)13-12(15)9-3-4-9/h2,5-7,9H,3-4H2,1H3,(H,13,15). The number of nitrogens with one attached hydrogen (secondary N) is 1. The van der Waals surface area contributed by atoms with Gasteiger partial charge in [0.25, 0.3) is 0 Å². The number of aldehydes is 1. The fourth-order valence-corrected chi connectivity index (χ4v) is 1.48. The van der Waals surface area contributed by atoms with Crippen LogP contribution in [0.2, 0.25) is 0 Å². The van der Waals surface area contributed by atoms with Gasteiger partial charge in [-0.3, -0.25) is 9.59 Å². The lowest BCUT2D eigenvalue weighted by atomic mass is 10.2. The predicted octanol–water partition coefficient (Wildman–Crippen LogP) is 1.86. The smallest absolute Gasteiger partial charge is 0.227 e. The number of carbonyl (C=O) groups is 2. The molecule has 2 rings (SSSR count). The number of methoxy groups -OCH3 is 1. The van der Waals surface area contributed by atoms with Crippen molar-refractivity contribution < 1.29 is 14.3 Å². The van der Waals surface area contributed by atoms with Gasteiger partial charge in [0.15, 0.2) is 0 Å². The van der Waals surface area contributed by atoms with Crippen LogP contribution >= 0.6 is 0 Å². The van der Waals surface area contributed by atoms with Gasteiger partial charge < -0.3 is 10.1 Å². The van der Waals surface area contributed by atoms with E-state index in [2.05, 4.69) is 5.32 Å². The summed E-state index contributed by atoms with van der Waals surface area (Å²) in [5.41, 5.74) is 1.08. The van der Waals surface area contributed by atoms with Crippen LogP contribution in [0.3, 0.4) is 0 Å². The topological polar surface area (TPSA) is 55.4 Å². The van der Waals surface area contributed by atoms with Gasteiger partial charge in [-0.25, -0.2) is 0 Å². The van der Waals surface area contributed by atoms with Gasteiger partial charge >= 0.3 is 0 Å². The van der Waals surface area contributed by atoms with E-state index in [4.69, 9.17) is 4.74 Å². The average Bonchev–Trinajstić information content (AvgIpc) is 3.12. The number of rotatable bonds is 4. The summed E-state index contributed by atoms with van der Waals surface area (Å²) in [6.45, 7) is 0. The second-order valence-corrected chi connectivity index (χ2v) is 3.84. The third-order valence-electron chi connectivity index (χ3n) is 2.57. The van der Waals surface area contributed by atoms with Crippen molar-refractivity contribution in [3.05, 3.63) is 23.8 Å². The molecule has 1 N–H and O–H groups in total. The summed E-state index contributed by atoms with van der Waals surface area (Å²) >= 11 is 0. The number of carbonyl (C=O) groups excluding carboxylic acids is 2. The van der Waals surface area contributed by atoms with Crippen molar-refractivity contribution in [3.63, 3.8) is 0 Å². The van der Waals surface area contributed by atoms with E-state index >= 15 is 0 Å². The molecule has 1 aliphatic carbocycles. The molecule has 1 aliphatic rings. The highest BCUT2D eigenvalue weighted by molar-refractivity contribution is 5.96. The molecule has 0 atom stereocenters. The van der Waals surface area contributed by atoms with Crippen LogP contribution < -0.4 is 10.1 Å². The Hall–Kier alpha value is -1.84. The first-order chi connectivity index (χ1) is 7.74. The van der Waals surface area contributed by atoms with Gasteiger partial charge in [0.2, 0.25) is 5.91 Å². The van der Waals surface area contributed by atoms with Crippen LogP contribution in [0.1, 0.15) is 23.2 Å². The molecular weight excluding hydrogens is 206 g/mol. The van der Waals surface area contributed by atoms with Crippen molar-refractivity contribution in [2.75, 3.05) is 12.4 Å². The lowest BCUT2D eigenvalue weighted by Gasteiger charge is -2.10. The van der Waals surface area contributed by atoms with E-state index in [0.29, 0.717) is 17.0 Å². The summed E-state index contributed by atoms with van der Waals surface area (Å²) in [6, 6.07) is 4.94. The zero-order valence-corrected chi connectivity index (χ0v) is 9.03. The second-order valence-electron chi connectivity index (χ2n) is 3.84. The normalized spacial score (nSPS) is 14.3. The van der Waals surface area contributed by atoms with E-state index in [1.54, 1.807) is 18.2 Å². The van der Waals surface area contributed by atoms with Crippen LogP contribution in [-0.4, -0.2) is 19.3 Å². The largest absolute Gasteiger partial charge is 0.495 e. The number of hydrogen-bond donors (Lipinski definition) is 1. The summed E-state index contributed by atoms with van der Waals surface area (Å²) in [6.07, 6.45) is 2.63. The van der Waals surface area contributed by atoms with E-state index in [1.807, 2.05) is 0 Å². The van der Waals surface area contributed by atoms with Crippen LogP contribution in [0.4, 0.5) is 5.69 Å². The molecule has 0 saturated heterocycles. The first-order valence-electron chi connectivity index (χ1n) is 5.18. The Morgan fingerprint density at radius 2 is 2.25 bits per heavy atom. The van der Waals surface area contributed by atoms with Crippen molar-refractivity contribution in [1.29, 1.82) is 0 Å². The molecule has 84 valence electrons. The highest BCUT2D eigenvalue weighted by atomic mass is 16.5. The summed E-state index contributed by atoms with van der Waals surface area (Å²) < 4.78 is 5.12. The van der Waals surface area contributed by atoms with Crippen LogP contribution in [0.5, 0.6) is 5.75 Å². The van der Waals surface area contributed by atoms with Gasteiger partial charge in [-0.1, -0.05) is 0 Å². The zero-order chi connectivity index (χ0) is 11.5. The second kappa shape index (κ2) is 4.35. The molecule has 4 nitrogen and oxygen atoms in total. The van der Waals surface area contributed by atoms with Crippen molar-refractivity contribution in [1.82, 2.24) is 0 Å². The van der Waals surface area contributed by atoms with E-state index < -0.39 is 0 Å². The lowest BCUT2D eigenvalue weighted by molar-refractivity contribution is -0.117. The van der Waals surface area contributed by atoms with Gasteiger partial charge in [0, 0.05) is 11.5 Å². The summed E-state index contributed by atoms with van der Waals surface area (Å²) in [7, 11) is 1.53. The number of benzene rings is 1. The minimum absolute atomic E-state index is 0.00125. The molecule has 0 heterocycles. The quantitative estimate of drug-likeness (QED) is 0.786. The van der Waals surface area contributed by atoms with Crippen molar-refractivity contribution >= 4 is 17.9 Å². The lowest BCUT2D eigenvalue weighted by Crippen LogP contribution is -2.14. The minimum Gasteiger partial charge on any atom is -0.495 e. The SMILES string of the molecule is COc1ccc(C=O)cc1NC(=O)C1CC1. The number of ether oxygens (including phenoxy) is 1. The Morgan fingerprint density at radius 1 is 1.50 bits per heavy atom. The first-order valence-corrected chi connectivity index (χ1v) is 5.18.